The molecule has 1 aromatic heterocycles. The van der Waals surface area contributed by atoms with Gasteiger partial charge in [0.2, 0.25) is 0 Å². The highest BCUT2D eigenvalue weighted by molar-refractivity contribution is 6.30. The van der Waals surface area contributed by atoms with E-state index in [2.05, 4.69) is 10.3 Å². The number of carbonyl (C=O) groups is 2. The van der Waals surface area contributed by atoms with Crippen molar-refractivity contribution in [2.75, 3.05) is 6.61 Å². The molecule has 0 fully saturated rings. The summed E-state index contributed by atoms with van der Waals surface area (Å²) in [5.74, 6) is -1.13. The molecule has 0 aliphatic rings. The first-order chi connectivity index (χ1) is 12.5. The van der Waals surface area contributed by atoms with Gasteiger partial charge in [-0.15, -0.1) is 0 Å². The summed E-state index contributed by atoms with van der Waals surface area (Å²) in [6.07, 6.45) is 1.93. The number of benzene rings is 2. The van der Waals surface area contributed by atoms with E-state index in [1.165, 1.54) is 0 Å². The van der Waals surface area contributed by atoms with Crippen molar-refractivity contribution < 1.29 is 19.4 Å². The number of carbonyl (C=O) groups excluding carboxylic acids is 1. The topological polar surface area (TPSA) is 91.4 Å². The van der Waals surface area contributed by atoms with E-state index >= 15 is 0 Å². The molecule has 0 aliphatic heterocycles. The Morgan fingerprint density at radius 1 is 1.15 bits per heavy atom. The van der Waals surface area contributed by atoms with Crippen LogP contribution >= 0.6 is 11.6 Å². The molecule has 1 atom stereocenters. The van der Waals surface area contributed by atoms with E-state index in [1.807, 2.05) is 24.3 Å². The normalized spacial score (nSPS) is 11.9. The zero-order valence-corrected chi connectivity index (χ0v) is 14.5. The number of para-hydroxylation sites is 1. The number of hydrogen-bond donors (Lipinski definition) is 3. The molecule has 0 saturated carbocycles. The van der Waals surface area contributed by atoms with E-state index in [-0.39, 0.29) is 13.0 Å². The van der Waals surface area contributed by atoms with Crippen LogP contribution in [0.15, 0.2) is 54.7 Å². The van der Waals surface area contributed by atoms with Crippen molar-refractivity contribution in [3.05, 3.63) is 65.3 Å². The molecule has 134 valence electrons. The van der Waals surface area contributed by atoms with Crippen molar-refractivity contribution in [3.8, 4) is 5.75 Å². The van der Waals surface area contributed by atoms with Crippen molar-refractivity contribution in [1.82, 2.24) is 10.3 Å². The highest BCUT2D eigenvalue weighted by Gasteiger charge is 2.22. The monoisotopic (exact) mass is 372 g/mol. The van der Waals surface area contributed by atoms with E-state index in [0.29, 0.717) is 10.8 Å². The van der Waals surface area contributed by atoms with Crippen LogP contribution in [-0.2, 0) is 16.0 Å². The molecule has 6 nitrogen and oxygen atoms in total. The fourth-order valence-corrected chi connectivity index (χ4v) is 2.76. The van der Waals surface area contributed by atoms with E-state index in [4.69, 9.17) is 16.3 Å². The van der Waals surface area contributed by atoms with Crippen molar-refractivity contribution >= 4 is 34.4 Å². The predicted molar refractivity (Wildman–Crippen MR) is 98.5 cm³/mol. The SMILES string of the molecule is O=C(COc1ccc(Cl)cc1)N[C@H](Cc1c[nH]c2ccccc12)C(=O)O. The number of ether oxygens (including phenoxy) is 1. The Kier molecular flexibility index (Phi) is 5.43. The van der Waals surface area contributed by atoms with E-state index in [1.54, 1.807) is 30.5 Å². The molecule has 7 heteroatoms. The van der Waals surface area contributed by atoms with Gasteiger partial charge in [0.1, 0.15) is 11.8 Å². The number of carboxylic acids is 1. The third-order valence-corrected chi connectivity index (χ3v) is 4.17. The molecule has 0 unspecified atom stereocenters. The van der Waals surface area contributed by atoms with Crippen LogP contribution in [0.1, 0.15) is 5.56 Å². The second-order valence-electron chi connectivity index (χ2n) is 5.76. The Labute approximate surface area is 154 Å². The Hall–Kier alpha value is -2.99. The zero-order chi connectivity index (χ0) is 18.5. The summed E-state index contributed by atoms with van der Waals surface area (Å²) >= 11 is 5.78. The number of carboxylic acid groups (broad SMARTS) is 1. The molecule has 26 heavy (non-hydrogen) atoms. The summed E-state index contributed by atoms with van der Waals surface area (Å²) in [5.41, 5.74) is 1.75. The first-order valence-electron chi connectivity index (χ1n) is 7.98. The van der Waals surface area contributed by atoms with Crippen LogP contribution in [0.3, 0.4) is 0 Å². The van der Waals surface area contributed by atoms with Crippen LogP contribution in [0.5, 0.6) is 5.75 Å². The van der Waals surface area contributed by atoms with Crippen molar-refractivity contribution in [1.29, 1.82) is 0 Å². The molecule has 0 radical (unpaired) electrons. The Morgan fingerprint density at radius 2 is 1.88 bits per heavy atom. The van der Waals surface area contributed by atoms with Crippen molar-refractivity contribution in [2.45, 2.75) is 12.5 Å². The number of rotatable bonds is 7. The number of aromatic nitrogens is 1. The molecule has 0 bridgehead atoms. The van der Waals surface area contributed by atoms with Crippen molar-refractivity contribution in [3.63, 3.8) is 0 Å². The highest BCUT2D eigenvalue weighted by atomic mass is 35.5. The standard InChI is InChI=1S/C19H17ClN2O4/c20-13-5-7-14(8-6-13)26-11-18(23)22-17(19(24)25)9-12-10-21-16-4-2-1-3-15(12)16/h1-8,10,17,21H,9,11H2,(H,22,23)(H,24,25)/t17-/m1/s1. The van der Waals surface area contributed by atoms with Gasteiger partial charge in [-0.25, -0.2) is 4.79 Å². The van der Waals surface area contributed by atoms with Gasteiger partial charge in [-0.3, -0.25) is 4.79 Å². The van der Waals surface area contributed by atoms with Gasteiger partial charge in [-0.05, 0) is 35.9 Å². The van der Waals surface area contributed by atoms with Crippen LogP contribution in [0, 0.1) is 0 Å². The van der Waals surface area contributed by atoms with Gasteiger partial charge in [0.25, 0.3) is 5.91 Å². The largest absolute Gasteiger partial charge is 0.484 e. The first kappa shape index (κ1) is 17.8. The van der Waals surface area contributed by atoms with Crippen LogP contribution in [0.4, 0.5) is 0 Å². The number of aromatic amines is 1. The molecule has 1 amide bonds. The molecule has 0 spiro atoms. The Balaban J connectivity index is 1.62. The average Bonchev–Trinajstić information content (AvgIpc) is 3.04. The molecule has 1 heterocycles. The fourth-order valence-electron chi connectivity index (χ4n) is 2.64. The third-order valence-electron chi connectivity index (χ3n) is 3.92. The summed E-state index contributed by atoms with van der Waals surface area (Å²) < 4.78 is 5.34. The molecular weight excluding hydrogens is 356 g/mol. The van der Waals surface area contributed by atoms with Gasteiger partial charge in [-0.1, -0.05) is 29.8 Å². The van der Waals surface area contributed by atoms with E-state index in [9.17, 15) is 14.7 Å². The number of amides is 1. The molecule has 3 aromatic rings. The Morgan fingerprint density at radius 3 is 2.62 bits per heavy atom. The molecule has 2 aromatic carbocycles. The van der Waals surface area contributed by atoms with Crippen LogP contribution in [0.2, 0.25) is 5.02 Å². The summed E-state index contributed by atoms with van der Waals surface area (Å²) in [6.45, 7) is -0.278. The summed E-state index contributed by atoms with van der Waals surface area (Å²) in [7, 11) is 0. The first-order valence-corrected chi connectivity index (χ1v) is 8.36. The zero-order valence-electron chi connectivity index (χ0n) is 13.7. The quantitative estimate of drug-likeness (QED) is 0.594. The average molecular weight is 373 g/mol. The number of fused-ring (bicyclic) bond motifs is 1. The lowest BCUT2D eigenvalue weighted by atomic mass is 10.1. The lowest BCUT2D eigenvalue weighted by Crippen LogP contribution is -2.44. The van der Waals surface area contributed by atoms with Crippen molar-refractivity contribution in [2.24, 2.45) is 0 Å². The van der Waals surface area contributed by atoms with Gasteiger partial charge >= 0.3 is 5.97 Å². The number of H-pyrrole nitrogens is 1. The molecule has 0 saturated heterocycles. The van der Waals surface area contributed by atoms with Gasteiger partial charge < -0.3 is 20.1 Å². The number of halogens is 1. The maximum atomic E-state index is 12.1. The smallest absolute Gasteiger partial charge is 0.326 e. The van der Waals surface area contributed by atoms with E-state index in [0.717, 1.165) is 16.5 Å². The second-order valence-corrected chi connectivity index (χ2v) is 6.20. The van der Waals surface area contributed by atoms with Crippen LogP contribution < -0.4 is 10.1 Å². The molecule has 3 N–H and O–H groups in total. The maximum absolute atomic E-state index is 12.1. The predicted octanol–water partition coefficient (Wildman–Crippen LogP) is 3.01. The number of aliphatic carboxylic acids is 1. The van der Waals surface area contributed by atoms with Crippen LogP contribution in [-0.4, -0.2) is 34.6 Å². The number of nitrogens with one attached hydrogen (secondary N) is 2. The van der Waals surface area contributed by atoms with Crippen LogP contribution in [0.25, 0.3) is 10.9 Å². The fraction of sp³-hybridized carbons (Fsp3) is 0.158. The maximum Gasteiger partial charge on any atom is 0.326 e. The molecule has 3 rings (SSSR count). The van der Waals surface area contributed by atoms with Gasteiger partial charge in [0.05, 0.1) is 0 Å². The minimum Gasteiger partial charge on any atom is -0.484 e. The highest BCUT2D eigenvalue weighted by Crippen LogP contribution is 2.19. The molecular formula is C19H17ClN2O4. The summed E-state index contributed by atoms with van der Waals surface area (Å²) in [5, 5.41) is 13.4. The minimum absolute atomic E-state index is 0.173. The van der Waals surface area contributed by atoms with Gasteiger partial charge in [0, 0.05) is 28.5 Å². The van der Waals surface area contributed by atoms with E-state index < -0.39 is 17.9 Å². The summed E-state index contributed by atoms with van der Waals surface area (Å²) in [4.78, 5) is 26.7. The molecule has 0 aliphatic carbocycles. The number of hydrogen-bond acceptors (Lipinski definition) is 3. The lowest BCUT2D eigenvalue weighted by Gasteiger charge is -2.14. The Bertz CT molecular complexity index is 921. The lowest BCUT2D eigenvalue weighted by molar-refractivity contribution is -0.142. The second kappa shape index (κ2) is 7.93. The summed E-state index contributed by atoms with van der Waals surface area (Å²) in [6, 6.07) is 13.1. The van der Waals surface area contributed by atoms with Gasteiger partial charge in [-0.2, -0.15) is 0 Å². The third kappa shape index (κ3) is 4.34. The minimum atomic E-state index is -1.10. The van der Waals surface area contributed by atoms with Gasteiger partial charge in [0.15, 0.2) is 6.61 Å².